The number of aryl methyl sites for hydroxylation is 1. The van der Waals surface area contributed by atoms with Gasteiger partial charge in [0.2, 0.25) is 0 Å². The summed E-state index contributed by atoms with van der Waals surface area (Å²) in [6, 6.07) is 2.31. The molecule has 1 aromatic carbocycles. The Morgan fingerprint density at radius 3 is 1.91 bits per heavy atom. The van der Waals surface area contributed by atoms with Gasteiger partial charge in [0.05, 0.1) is 5.56 Å². The van der Waals surface area contributed by atoms with Crippen LogP contribution >= 0.6 is 0 Å². The number of aliphatic carboxylic acids is 2. The molecule has 1 aromatic rings. The van der Waals surface area contributed by atoms with Crippen molar-refractivity contribution in [2.75, 3.05) is 6.61 Å². The third-order valence-corrected chi connectivity index (χ3v) is 2.64. The molecular formula is C13H12O9. The van der Waals surface area contributed by atoms with Crippen molar-refractivity contribution < 1.29 is 44.3 Å². The number of carboxylic acid groups (broad SMARTS) is 4. The Kier molecular flexibility index (Phi) is 5.44. The van der Waals surface area contributed by atoms with E-state index in [0.717, 1.165) is 6.07 Å². The highest BCUT2D eigenvalue weighted by atomic mass is 16.5. The van der Waals surface area contributed by atoms with Gasteiger partial charge in [-0.2, -0.15) is 0 Å². The van der Waals surface area contributed by atoms with Gasteiger partial charge in [0, 0.05) is 6.42 Å². The van der Waals surface area contributed by atoms with Crippen LogP contribution in [0.2, 0.25) is 0 Å². The molecule has 0 atom stereocenters. The van der Waals surface area contributed by atoms with Crippen LogP contribution < -0.4 is 4.74 Å². The number of rotatable bonds is 8. The first-order valence-corrected chi connectivity index (χ1v) is 5.93. The molecule has 0 fully saturated rings. The first-order valence-electron chi connectivity index (χ1n) is 5.93. The second-order valence-corrected chi connectivity index (χ2v) is 4.16. The molecule has 0 unspecified atom stereocenters. The fourth-order valence-electron chi connectivity index (χ4n) is 1.79. The van der Waals surface area contributed by atoms with Crippen molar-refractivity contribution in [1.82, 2.24) is 0 Å². The number of hydrogen-bond acceptors (Lipinski definition) is 5. The van der Waals surface area contributed by atoms with E-state index in [9.17, 15) is 24.3 Å². The molecule has 0 bridgehead atoms. The van der Waals surface area contributed by atoms with Gasteiger partial charge >= 0.3 is 23.9 Å². The summed E-state index contributed by atoms with van der Waals surface area (Å²) in [5.74, 6) is -6.12. The van der Waals surface area contributed by atoms with Crippen LogP contribution in [0.5, 0.6) is 5.75 Å². The van der Waals surface area contributed by atoms with E-state index in [1.807, 2.05) is 0 Å². The van der Waals surface area contributed by atoms with Gasteiger partial charge in [0.25, 0.3) is 0 Å². The van der Waals surface area contributed by atoms with Gasteiger partial charge in [0.1, 0.15) is 11.3 Å². The van der Waals surface area contributed by atoms with Crippen molar-refractivity contribution in [2.45, 2.75) is 12.8 Å². The molecule has 0 aliphatic rings. The van der Waals surface area contributed by atoms with E-state index in [1.165, 1.54) is 6.07 Å². The van der Waals surface area contributed by atoms with Crippen molar-refractivity contribution in [3.63, 3.8) is 0 Å². The van der Waals surface area contributed by atoms with Crippen LogP contribution in [0.25, 0.3) is 0 Å². The smallest absolute Gasteiger partial charge is 0.341 e. The van der Waals surface area contributed by atoms with Gasteiger partial charge in [-0.3, -0.25) is 4.79 Å². The number of ether oxygens (including phenoxy) is 1. The molecule has 1 rings (SSSR count). The van der Waals surface area contributed by atoms with E-state index in [-0.39, 0.29) is 18.4 Å². The van der Waals surface area contributed by atoms with Crippen molar-refractivity contribution in [3.8, 4) is 5.75 Å². The molecule has 9 nitrogen and oxygen atoms in total. The van der Waals surface area contributed by atoms with E-state index in [2.05, 4.69) is 0 Å². The van der Waals surface area contributed by atoms with Crippen molar-refractivity contribution >= 4 is 23.9 Å². The number of carboxylic acids is 4. The number of carbonyl (C=O) groups is 4. The summed E-state index contributed by atoms with van der Waals surface area (Å²) in [6.07, 6.45) is -0.564. The molecule has 0 aromatic heterocycles. The highest BCUT2D eigenvalue weighted by molar-refractivity contribution is 6.05. The summed E-state index contributed by atoms with van der Waals surface area (Å²) >= 11 is 0. The van der Waals surface area contributed by atoms with Crippen molar-refractivity contribution in [3.05, 3.63) is 28.8 Å². The van der Waals surface area contributed by atoms with Gasteiger partial charge < -0.3 is 25.2 Å². The maximum absolute atomic E-state index is 11.3. The Labute approximate surface area is 123 Å². The fraction of sp³-hybridized carbons (Fsp3) is 0.231. The first-order chi connectivity index (χ1) is 10.2. The minimum absolute atomic E-state index is 0.00924. The Bertz CT molecular complexity index is 578. The standard InChI is InChI=1S/C13H12O9/c14-8(15)4-2-6-1-3-7(22-5-9(16)17)11(13(20)21)10(6)12(18)19/h1,3H,2,4-5H2,(H,14,15)(H,16,17)(H,18,19)(H,20,21). The van der Waals surface area contributed by atoms with Gasteiger partial charge in [-0.1, -0.05) is 6.07 Å². The lowest BCUT2D eigenvalue weighted by atomic mass is 9.96. The Balaban J connectivity index is 3.35. The lowest BCUT2D eigenvalue weighted by Gasteiger charge is -2.13. The van der Waals surface area contributed by atoms with Crippen molar-refractivity contribution in [1.29, 1.82) is 0 Å². The SMILES string of the molecule is O=C(O)CCc1ccc(OCC(=O)O)c(C(=O)O)c1C(=O)O. The average molecular weight is 312 g/mol. The van der Waals surface area contributed by atoms with E-state index in [0.29, 0.717) is 0 Å². The molecule has 0 radical (unpaired) electrons. The molecule has 118 valence electrons. The summed E-state index contributed by atoms with van der Waals surface area (Å²) in [4.78, 5) is 43.6. The van der Waals surface area contributed by atoms with Crippen LogP contribution in [0.15, 0.2) is 12.1 Å². The van der Waals surface area contributed by atoms with E-state index in [4.69, 9.17) is 20.1 Å². The van der Waals surface area contributed by atoms with Crippen LogP contribution in [-0.4, -0.2) is 50.9 Å². The van der Waals surface area contributed by atoms with Crippen LogP contribution in [0.4, 0.5) is 0 Å². The normalized spacial score (nSPS) is 10.0. The topological polar surface area (TPSA) is 158 Å². The van der Waals surface area contributed by atoms with Gasteiger partial charge in [-0.15, -0.1) is 0 Å². The summed E-state index contributed by atoms with van der Waals surface area (Å²) in [5.41, 5.74) is -1.32. The lowest BCUT2D eigenvalue weighted by Crippen LogP contribution is -2.17. The summed E-state index contributed by atoms with van der Waals surface area (Å²) in [6.45, 7) is -0.839. The lowest BCUT2D eigenvalue weighted by molar-refractivity contribution is -0.139. The van der Waals surface area contributed by atoms with E-state index in [1.54, 1.807) is 0 Å². The van der Waals surface area contributed by atoms with Gasteiger partial charge in [-0.25, -0.2) is 14.4 Å². The second kappa shape index (κ2) is 7.07. The van der Waals surface area contributed by atoms with Crippen LogP contribution in [-0.2, 0) is 16.0 Å². The molecule has 0 heterocycles. The molecule has 0 aliphatic heterocycles. The Morgan fingerprint density at radius 1 is 0.864 bits per heavy atom. The number of benzene rings is 1. The molecule has 0 spiro atoms. The van der Waals surface area contributed by atoms with Crippen LogP contribution in [0.1, 0.15) is 32.7 Å². The summed E-state index contributed by atoms with van der Waals surface area (Å²) in [7, 11) is 0. The molecule has 4 N–H and O–H groups in total. The molecule has 0 aliphatic carbocycles. The average Bonchev–Trinajstić information content (AvgIpc) is 2.41. The third kappa shape index (κ3) is 4.20. The van der Waals surface area contributed by atoms with Gasteiger partial charge in [0.15, 0.2) is 6.61 Å². The van der Waals surface area contributed by atoms with Crippen LogP contribution in [0, 0.1) is 0 Å². The second-order valence-electron chi connectivity index (χ2n) is 4.16. The predicted octanol–water partition coefficient (Wildman–Crippen LogP) is 0.564. The zero-order valence-corrected chi connectivity index (χ0v) is 11.1. The van der Waals surface area contributed by atoms with Crippen LogP contribution in [0.3, 0.4) is 0 Å². The molecule has 22 heavy (non-hydrogen) atoms. The van der Waals surface area contributed by atoms with Gasteiger partial charge in [-0.05, 0) is 18.1 Å². The maximum atomic E-state index is 11.3. The largest absolute Gasteiger partial charge is 0.481 e. The zero-order chi connectivity index (χ0) is 16.9. The van der Waals surface area contributed by atoms with Crippen molar-refractivity contribution in [2.24, 2.45) is 0 Å². The minimum atomic E-state index is -1.62. The highest BCUT2D eigenvalue weighted by Crippen LogP contribution is 2.27. The molecule has 9 heteroatoms. The number of aromatic carboxylic acids is 2. The molecule has 0 saturated carbocycles. The Morgan fingerprint density at radius 2 is 1.45 bits per heavy atom. The fourth-order valence-corrected chi connectivity index (χ4v) is 1.79. The monoisotopic (exact) mass is 312 g/mol. The highest BCUT2D eigenvalue weighted by Gasteiger charge is 2.25. The molecule has 0 saturated heterocycles. The summed E-state index contributed by atoms with van der Waals surface area (Å²) in [5, 5.41) is 35.5. The number of hydrogen-bond donors (Lipinski definition) is 4. The molecule has 0 amide bonds. The van der Waals surface area contributed by atoms with E-state index < -0.39 is 47.4 Å². The minimum Gasteiger partial charge on any atom is -0.481 e. The maximum Gasteiger partial charge on any atom is 0.341 e. The predicted molar refractivity (Wildman–Crippen MR) is 69.4 cm³/mol. The molecular weight excluding hydrogens is 300 g/mol. The third-order valence-electron chi connectivity index (χ3n) is 2.64. The quantitative estimate of drug-likeness (QED) is 0.538. The Hall–Kier alpha value is -3.10. The summed E-state index contributed by atoms with van der Waals surface area (Å²) < 4.78 is 4.77. The van der Waals surface area contributed by atoms with E-state index >= 15 is 0 Å². The zero-order valence-electron chi connectivity index (χ0n) is 11.1. The first kappa shape index (κ1) is 17.0.